The number of rotatable bonds is 8. The summed E-state index contributed by atoms with van der Waals surface area (Å²) in [5.74, 6) is -1.03. The summed E-state index contributed by atoms with van der Waals surface area (Å²) in [7, 11) is -3.60. The van der Waals surface area contributed by atoms with Crippen molar-refractivity contribution in [1.82, 2.24) is 4.31 Å². The van der Waals surface area contributed by atoms with Crippen LogP contribution < -0.4 is 5.32 Å². The molecule has 2 aromatic rings. The Kier molecular flexibility index (Phi) is 8.05. The van der Waals surface area contributed by atoms with Crippen LogP contribution in [-0.2, 0) is 30.7 Å². The average Bonchev–Trinajstić information content (AvgIpc) is 3.15. The van der Waals surface area contributed by atoms with Crippen molar-refractivity contribution in [2.75, 3.05) is 31.6 Å². The van der Waals surface area contributed by atoms with Gasteiger partial charge in [-0.2, -0.15) is 4.31 Å². The molecule has 1 amide bonds. The summed E-state index contributed by atoms with van der Waals surface area (Å²) in [6.45, 7) is 6.90. The molecular weight excluding hydrogens is 452 g/mol. The second kappa shape index (κ2) is 10.6. The maximum Gasteiger partial charge on any atom is 0.349 e. The van der Waals surface area contributed by atoms with Crippen molar-refractivity contribution in [1.29, 1.82) is 0 Å². The Morgan fingerprint density at radius 2 is 1.88 bits per heavy atom. The molecule has 0 bridgehead atoms. The molecule has 0 unspecified atom stereocenters. The van der Waals surface area contributed by atoms with Gasteiger partial charge in [-0.25, -0.2) is 13.2 Å². The number of morpholine rings is 1. The number of carbonyl (C=O) groups is 2. The van der Waals surface area contributed by atoms with Crippen LogP contribution >= 0.6 is 11.3 Å². The lowest BCUT2D eigenvalue weighted by Gasteiger charge is -2.26. The van der Waals surface area contributed by atoms with Gasteiger partial charge in [0.25, 0.3) is 5.91 Å². The fourth-order valence-electron chi connectivity index (χ4n) is 3.30. The number of aryl methyl sites for hydroxylation is 2. The third-order valence-corrected chi connectivity index (χ3v) is 8.11. The number of hydrogen-bond donors (Lipinski definition) is 1. The van der Waals surface area contributed by atoms with Gasteiger partial charge >= 0.3 is 5.97 Å². The zero-order chi connectivity index (χ0) is 23.3. The summed E-state index contributed by atoms with van der Waals surface area (Å²) in [5.41, 5.74) is 1.53. The van der Waals surface area contributed by atoms with Crippen molar-refractivity contribution in [2.24, 2.45) is 0 Å². The SMILES string of the molecule is CCCc1cc(C(=O)O[C@@H](C)C(=O)Nc2ccc(S(=O)(=O)N3CCOCC3)cc2)sc1C. The molecule has 10 heteroatoms. The van der Waals surface area contributed by atoms with Gasteiger partial charge in [-0.15, -0.1) is 11.3 Å². The van der Waals surface area contributed by atoms with Crippen LogP contribution in [0.4, 0.5) is 5.69 Å². The molecule has 8 nitrogen and oxygen atoms in total. The molecule has 0 aliphatic carbocycles. The molecule has 1 saturated heterocycles. The first-order chi connectivity index (χ1) is 15.2. The van der Waals surface area contributed by atoms with Crippen LogP contribution in [0.3, 0.4) is 0 Å². The van der Waals surface area contributed by atoms with Crippen LogP contribution in [0.2, 0.25) is 0 Å². The lowest BCUT2D eigenvalue weighted by molar-refractivity contribution is -0.123. The fraction of sp³-hybridized carbons (Fsp3) is 0.455. The van der Waals surface area contributed by atoms with Gasteiger partial charge in [0.2, 0.25) is 10.0 Å². The maximum atomic E-state index is 12.7. The van der Waals surface area contributed by atoms with Crippen molar-refractivity contribution < 1.29 is 27.5 Å². The molecule has 1 aliphatic rings. The van der Waals surface area contributed by atoms with E-state index in [9.17, 15) is 18.0 Å². The molecule has 1 atom stereocenters. The van der Waals surface area contributed by atoms with E-state index in [1.807, 2.05) is 13.0 Å². The Morgan fingerprint density at radius 3 is 2.50 bits per heavy atom. The normalized spacial score (nSPS) is 15.8. The molecule has 1 aliphatic heterocycles. The maximum absolute atomic E-state index is 12.7. The molecular formula is C22H28N2O6S2. The third kappa shape index (κ3) is 5.74. The highest BCUT2D eigenvalue weighted by Gasteiger charge is 2.26. The Hall–Kier alpha value is -2.27. The predicted octanol–water partition coefficient (Wildman–Crippen LogP) is 3.21. The molecule has 2 heterocycles. The van der Waals surface area contributed by atoms with E-state index in [0.29, 0.717) is 36.9 Å². The van der Waals surface area contributed by atoms with E-state index in [1.54, 1.807) is 0 Å². The number of ether oxygens (including phenoxy) is 2. The molecule has 1 N–H and O–H groups in total. The quantitative estimate of drug-likeness (QED) is 0.582. The number of sulfonamides is 1. The van der Waals surface area contributed by atoms with Gasteiger partial charge in [0.15, 0.2) is 6.10 Å². The summed E-state index contributed by atoms with van der Waals surface area (Å²) >= 11 is 1.36. The van der Waals surface area contributed by atoms with Crippen LogP contribution in [-0.4, -0.2) is 57.0 Å². The number of esters is 1. The first-order valence-corrected chi connectivity index (χ1v) is 12.8. The van der Waals surface area contributed by atoms with Crippen LogP contribution in [0.15, 0.2) is 35.2 Å². The topological polar surface area (TPSA) is 102 Å². The summed E-state index contributed by atoms with van der Waals surface area (Å²) in [4.78, 5) is 26.6. The molecule has 3 rings (SSSR count). The number of hydrogen-bond acceptors (Lipinski definition) is 7. The number of nitrogens with one attached hydrogen (secondary N) is 1. The van der Waals surface area contributed by atoms with Crippen LogP contribution in [0.25, 0.3) is 0 Å². The molecule has 0 saturated carbocycles. The molecule has 1 aromatic heterocycles. The van der Waals surface area contributed by atoms with Crippen molar-refractivity contribution >= 4 is 38.9 Å². The van der Waals surface area contributed by atoms with Gasteiger partial charge in [-0.3, -0.25) is 4.79 Å². The highest BCUT2D eigenvalue weighted by atomic mass is 32.2. The van der Waals surface area contributed by atoms with Crippen LogP contribution in [0.5, 0.6) is 0 Å². The molecule has 1 fully saturated rings. The Labute approximate surface area is 192 Å². The van der Waals surface area contributed by atoms with E-state index in [4.69, 9.17) is 9.47 Å². The summed E-state index contributed by atoms with van der Waals surface area (Å²) in [5, 5.41) is 2.65. The van der Waals surface area contributed by atoms with Crippen molar-refractivity contribution in [2.45, 2.75) is 44.6 Å². The number of carbonyl (C=O) groups excluding carboxylic acids is 2. The monoisotopic (exact) mass is 480 g/mol. The van der Waals surface area contributed by atoms with Crippen molar-refractivity contribution in [3.63, 3.8) is 0 Å². The first-order valence-electron chi connectivity index (χ1n) is 10.5. The van der Waals surface area contributed by atoms with E-state index < -0.39 is 28.0 Å². The standard InChI is InChI=1S/C22H28N2O6S2/c1-4-5-17-14-20(31-16(17)3)22(26)30-15(2)21(25)23-18-6-8-19(9-7-18)32(27,28)24-10-12-29-13-11-24/h6-9,14-15H,4-5,10-13H2,1-3H3,(H,23,25)/t15-/m0/s1. The Bertz CT molecular complexity index is 1060. The van der Waals surface area contributed by atoms with E-state index >= 15 is 0 Å². The van der Waals surface area contributed by atoms with Gasteiger partial charge in [0.1, 0.15) is 4.88 Å². The number of nitrogens with zero attached hydrogens (tertiary/aromatic N) is 1. The second-order valence-corrected chi connectivity index (χ2v) is 10.7. The van der Waals surface area contributed by atoms with Crippen molar-refractivity contribution in [3.8, 4) is 0 Å². The highest BCUT2D eigenvalue weighted by molar-refractivity contribution is 7.89. The molecule has 1 aromatic carbocycles. The fourth-order valence-corrected chi connectivity index (χ4v) is 5.66. The van der Waals surface area contributed by atoms with E-state index in [0.717, 1.165) is 23.3 Å². The molecule has 0 radical (unpaired) electrons. The number of anilines is 1. The highest BCUT2D eigenvalue weighted by Crippen LogP contribution is 2.24. The van der Waals surface area contributed by atoms with Gasteiger partial charge < -0.3 is 14.8 Å². The second-order valence-electron chi connectivity index (χ2n) is 7.52. The van der Waals surface area contributed by atoms with E-state index in [1.165, 1.54) is 46.8 Å². The zero-order valence-corrected chi connectivity index (χ0v) is 20.1. The summed E-state index contributed by atoms with van der Waals surface area (Å²) in [6, 6.07) is 7.74. The molecule has 174 valence electrons. The minimum Gasteiger partial charge on any atom is -0.448 e. The van der Waals surface area contributed by atoms with Gasteiger partial charge in [-0.1, -0.05) is 13.3 Å². The third-order valence-electron chi connectivity index (χ3n) is 5.12. The Balaban J connectivity index is 1.59. The van der Waals surface area contributed by atoms with Gasteiger partial charge in [-0.05, 0) is 56.2 Å². The molecule has 0 spiro atoms. The molecule has 32 heavy (non-hydrogen) atoms. The first kappa shape index (κ1) is 24.4. The van der Waals surface area contributed by atoms with Crippen LogP contribution in [0.1, 0.15) is 40.4 Å². The zero-order valence-electron chi connectivity index (χ0n) is 18.4. The largest absolute Gasteiger partial charge is 0.448 e. The number of benzene rings is 1. The van der Waals surface area contributed by atoms with E-state index in [-0.39, 0.29) is 4.90 Å². The minimum absolute atomic E-state index is 0.146. The lowest BCUT2D eigenvalue weighted by atomic mass is 10.1. The van der Waals surface area contributed by atoms with Gasteiger partial charge in [0.05, 0.1) is 18.1 Å². The van der Waals surface area contributed by atoms with Crippen molar-refractivity contribution in [3.05, 3.63) is 45.6 Å². The smallest absolute Gasteiger partial charge is 0.349 e. The van der Waals surface area contributed by atoms with E-state index in [2.05, 4.69) is 12.2 Å². The average molecular weight is 481 g/mol. The summed E-state index contributed by atoms with van der Waals surface area (Å²) in [6.07, 6.45) is 0.872. The van der Waals surface area contributed by atoms with Crippen LogP contribution in [0, 0.1) is 6.92 Å². The number of amides is 1. The predicted molar refractivity (Wildman–Crippen MR) is 123 cm³/mol. The summed E-state index contributed by atoms with van der Waals surface area (Å²) < 4.78 is 37.3. The van der Waals surface area contributed by atoms with Gasteiger partial charge in [0, 0.05) is 23.7 Å². The number of thiophene rings is 1. The minimum atomic E-state index is -3.60. The Morgan fingerprint density at radius 1 is 1.22 bits per heavy atom. The lowest BCUT2D eigenvalue weighted by Crippen LogP contribution is -2.40.